The molecule has 1 aliphatic heterocycles. The van der Waals surface area contributed by atoms with Crippen molar-refractivity contribution in [1.29, 1.82) is 0 Å². The van der Waals surface area contributed by atoms with Crippen molar-refractivity contribution in [3.05, 3.63) is 17.0 Å². The van der Waals surface area contributed by atoms with Gasteiger partial charge < -0.3 is 4.90 Å². The molecule has 1 saturated heterocycles. The molecule has 1 unspecified atom stereocenters. The molecule has 0 radical (unpaired) electrons. The predicted molar refractivity (Wildman–Crippen MR) is 80.0 cm³/mol. The fraction of sp³-hybridized carbons (Fsp3) is 0.714. The van der Waals surface area contributed by atoms with Gasteiger partial charge in [-0.05, 0) is 25.9 Å². The first-order valence-electron chi connectivity index (χ1n) is 7.12. The zero-order valence-electron chi connectivity index (χ0n) is 12.1. The van der Waals surface area contributed by atoms with Crippen molar-refractivity contribution >= 4 is 17.4 Å². The van der Waals surface area contributed by atoms with E-state index in [9.17, 15) is 0 Å². The number of aromatic nitrogens is 2. The van der Waals surface area contributed by atoms with Crippen LogP contribution >= 0.6 is 11.6 Å². The number of rotatable bonds is 5. The summed E-state index contributed by atoms with van der Waals surface area (Å²) in [4.78, 5) is 13.5. The number of hydrogen-bond acceptors (Lipinski definition) is 4. The van der Waals surface area contributed by atoms with E-state index in [4.69, 9.17) is 11.6 Å². The van der Waals surface area contributed by atoms with Crippen LogP contribution in [0, 0.1) is 0 Å². The Morgan fingerprint density at radius 3 is 2.89 bits per heavy atom. The SMILES string of the molecule is CCc1nc(Cl)cc(N(C)CC2CCCN2CC)n1. The summed E-state index contributed by atoms with van der Waals surface area (Å²) in [5.74, 6) is 1.74. The predicted octanol–water partition coefficient (Wildman–Crippen LogP) is 2.61. The van der Waals surface area contributed by atoms with Crippen molar-refractivity contribution < 1.29 is 0 Å². The normalized spacial score (nSPS) is 19.9. The van der Waals surface area contributed by atoms with Gasteiger partial charge in [-0.15, -0.1) is 0 Å². The van der Waals surface area contributed by atoms with Crippen LogP contribution in [0.1, 0.15) is 32.5 Å². The number of halogens is 1. The van der Waals surface area contributed by atoms with E-state index in [1.165, 1.54) is 19.4 Å². The number of hydrogen-bond donors (Lipinski definition) is 0. The Morgan fingerprint density at radius 2 is 2.21 bits per heavy atom. The van der Waals surface area contributed by atoms with E-state index in [2.05, 4.69) is 33.7 Å². The third-order valence-corrected chi connectivity index (χ3v) is 4.02. The first-order valence-corrected chi connectivity index (χ1v) is 7.50. The van der Waals surface area contributed by atoms with Gasteiger partial charge in [-0.1, -0.05) is 25.4 Å². The van der Waals surface area contributed by atoms with Gasteiger partial charge in [0.2, 0.25) is 0 Å². The molecular weight excluding hydrogens is 260 g/mol. The van der Waals surface area contributed by atoms with Crippen LogP contribution in [0.2, 0.25) is 5.15 Å². The summed E-state index contributed by atoms with van der Waals surface area (Å²) in [7, 11) is 2.09. The molecule has 2 rings (SSSR count). The molecular formula is C14H23ClN4. The number of aryl methyl sites for hydroxylation is 1. The van der Waals surface area contributed by atoms with Gasteiger partial charge in [0.25, 0.3) is 0 Å². The second kappa shape index (κ2) is 6.53. The number of anilines is 1. The minimum Gasteiger partial charge on any atom is -0.358 e. The third kappa shape index (κ3) is 3.57. The molecule has 0 amide bonds. The zero-order chi connectivity index (χ0) is 13.8. The molecule has 1 aromatic heterocycles. The van der Waals surface area contributed by atoms with Crippen molar-refractivity contribution in [3.63, 3.8) is 0 Å². The highest BCUT2D eigenvalue weighted by Crippen LogP contribution is 2.21. The molecule has 0 aliphatic carbocycles. The average Bonchev–Trinajstić information content (AvgIpc) is 2.85. The molecule has 0 aromatic carbocycles. The number of nitrogens with zero attached hydrogens (tertiary/aromatic N) is 4. The minimum absolute atomic E-state index is 0.535. The Hall–Kier alpha value is -0.870. The molecule has 2 heterocycles. The quantitative estimate of drug-likeness (QED) is 0.777. The molecule has 0 spiro atoms. The maximum atomic E-state index is 6.06. The molecule has 1 aliphatic rings. The molecule has 0 saturated carbocycles. The van der Waals surface area contributed by atoms with Crippen molar-refractivity contribution in [2.24, 2.45) is 0 Å². The van der Waals surface area contributed by atoms with Crippen molar-refractivity contribution in [2.75, 3.05) is 31.6 Å². The highest BCUT2D eigenvalue weighted by atomic mass is 35.5. The maximum Gasteiger partial charge on any atom is 0.134 e. The van der Waals surface area contributed by atoms with Gasteiger partial charge in [-0.2, -0.15) is 0 Å². The lowest BCUT2D eigenvalue weighted by Crippen LogP contribution is -2.39. The fourth-order valence-corrected chi connectivity index (χ4v) is 2.93. The van der Waals surface area contributed by atoms with Crippen LogP contribution in [0.25, 0.3) is 0 Å². The summed E-state index contributed by atoms with van der Waals surface area (Å²) in [5, 5.41) is 0.535. The zero-order valence-corrected chi connectivity index (χ0v) is 12.8. The largest absolute Gasteiger partial charge is 0.358 e. The van der Waals surface area contributed by atoms with Crippen molar-refractivity contribution in [3.8, 4) is 0 Å². The highest BCUT2D eigenvalue weighted by molar-refractivity contribution is 6.29. The van der Waals surface area contributed by atoms with Gasteiger partial charge in [-0.3, -0.25) is 4.90 Å². The van der Waals surface area contributed by atoms with Gasteiger partial charge in [0.15, 0.2) is 0 Å². The van der Waals surface area contributed by atoms with E-state index in [0.29, 0.717) is 11.2 Å². The lowest BCUT2D eigenvalue weighted by atomic mass is 10.2. The summed E-state index contributed by atoms with van der Waals surface area (Å²) in [6.45, 7) is 7.63. The van der Waals surface area contributed by atoms with Gasteiger partial charge in [0, 0.05) is 32.1 Å². The second-order valence-electron chi connectivity index (χ2n) is 5.12. The number of likely N-dealkylation sites (tertiary alicyclic amines) is 1. The summed E-state index contributed by atoms with van der Waals surface area (Å²) < 4.78 is 0. The van der Waals surface area contributed by atoms with Crippen LogP contribution < -0.4 is 4.90 Å². The van der Waals surface area contributed by atoms with Crippen LogP contribution in [0.5, 0.6) is 0 Å². The lowest BCUT2D eigenvalue weighted by molar-refractivity contribution is 0.270. The number of likely N-dealkylation sites (N-methyl/N-ethyl adjacent to an activating group) is 2. The van der Waals surface area contributed by atoms with Crippen LogP contribution in [0.15, 0.2) is 6.07 Å². The Morgan fingerprint density at radius 1 is 1.42 bits per heavy atom. The van der Waals surface area contributed by atoms with E-state index < -0.39 is 0 Å². The second-order valence-corrected chi connectivity index (χ2v) is 5.51. The topological polar surface area (TPSA) is 32.3 Å². The first kappa shape index (κ1) is 14.5. The van der Waals surface area contributed by atoms with Crippen molar-refractivity contribution in [1.82, 2.24) is 14.9 Å². The Bertz CT molecular complexity index is 424. The molecule has 1 fully saturated rings. The van der Waals surface area contributed by atoms with E-state index >= 15 is 0 Å². The lowest BCUT2D eigenvalue weighted by Gasteiger charge is -2.28. The van der Waals surface area contributed by atoms with Gasteiger partial charge in [-0.25, -0.2) is 9.97 Å². The van der Waals surface area contributed by atoms with Crippen LogP contribution in [-0.4, -0.2) is 47.6 Å². The van der Waals surface area contributed by atoms with Crippen LogP contribution in [-0.2, 0) is 6.42 Å². The molecule has 5 heteroatoms. The van der Waals surface area contributed by atoms with Crippen molar-refractivity contribution in [2.45, 2.75) is 39.2 Å². The summed E-state index contributed by atoms with van der Waals surface area (Å²) in [6.07, 6.45) is 3.39. The van der Waals surface area contributed by atoms with Crippen LogP contribution in [0.4, 0.5) is 5.82 Å². The molecule has 1 atom stereocenters. The molecule has 0 N–H and O–H groups in total. The maximum absolute atomic E-state index is 6.06. The van der Waals surface area contributed by atoms with Gasteiger partial charge in [0.1, 0.15) is 16.8 Å². The minimum atomic E-state index is 0.535. The standard InChI is InChI=1S/C14H23ClN4/c1-4-13-16-12(15)9-14(17-13)18(3)10-11-7-6-8-19(11)5-2/h9,11H,4-8,10H2,1-3H3. The molecule has 19 heavy (non-hydrogen) atoms. The monoisotopic (exact) mass is 282 g/mol. The highest BCUT2D eigenvalue weighted by Gasteiger charge is 2.24. The van der Waals surface area contributed by atoms with Gasteiger partial charge >= 0.3 is 0 Å². The smallest absolute Gasteiger partial charge is 0.134 e. The first-order chi connectivity index (χ1) is 9.13. The Balaban J connectivity index is 2.06. The summed E-state index contributed by atoms with van der Waals surface area (Å²) >= 11 is 6.06. The third-order valence-electron chi connectivity index (χ3n) is 3.82. The van der Waals surface area contributed by atoms with Gasteiger partial charge in [0.05, 0.1) is 0 Å². The fourth-order valence-electron chi connectivity index (χ4n) is 2.73. The molecule has 0 bridgehead atoms. The van der Waals surface area contributed by atoms with E-state index in [-0.39, 0.29) is 0 Å². The van der Waals surface area contributed by atoms with E-state index in [1.807, 2.05) is 13.0 Å². The van der Waals surface area contributed by atoms with Crippen LogP contribution in [0.3, 0.4) is 0 Å². The van der Waals surface area contributed by atoms with E-state index in [0.717, 1.165) is 31.2 Å². The molecule has 106 valence electrons. The van der Waals surface area contributed by atoms with E-state index in [1.54, 1.807) is 0 Å². The molecule has 4 nitrogen and oxygen atoms in total. The average molecular weight is 283 g/mol. The Labute approximate surface area is 120 Å². The summed E-state index contributed by atoms with van der Waals surface area (Å²) in [6, 6.07) is 2.49. The molecule has 1 aromatic rings. The Kier molecular flexibility index (Phi) is 4.99. The summed E-state index contributed by atoms with van der Waals surface area (Å²) in [5.41, 5.74) is 0.